The van der Waals surface area contributed by atoms with Crippen LogP contribution in [-0.2, 0) is 14.3 Å². The molecule has 0 saturated heterocycles. The van der Waals surface area contributed by atoms with Crippen LogP contribution < -0.4 is 5.32 Å². The fourth-order valence-corrected chi connectivity index (χ4v) is 9.28. The van der Waals surface area contributed by atoms with Gasteiger partial charge in [0.2, 0.25) is 5.91 Å². The van der Waals surface area contributed by atoms with Crippen LogP contribution in [0.2, 0.25) is 0 Å². The van der Waals surface area contributed by atoms with E-state index in [1.807, 2.05) is 6.08 Å². The van der Waals surface area contributed by atoms with Crippen LogP contribution in [0.4, 0.5) is 0 Å². The molecule has 0 bridgehead atoms. The van der Waals surface area contributed by atoms with Gasteiger partial charge in [0, 0.05) is 12.8 Å². The van der Waals surface area contributed by atoms with Crippen molar-refractivity contribution in [3.8, 4) is 0 Å². The molecule has 0 aliphatic heterocycles. The van der Waals surface area contributed by atoms with Crippen LogP contribution in [0, 0.1) is 0 Å². The van der Waals surface area contributed by atoms with Crippen LogP contribution in [0.1, 0.15) is 328 Å². The molecule has 0 aliphatic rings. The molecule has 0 aliphatic carbocycles. The summed E-state index contributed by atoms with van der Waals surface area (Å²) in [5, 5.41) is 23.2. The summed E-state index contributed by atoms with van der Waals surface area (Å²) in [5.74, 6) is -0.102. The Morgan fingerprint density at radius 2 is 0.708 bits per heavy atom. The van der Waals surface area contributed by atoms with Gasteiger partial charge in [-0.25, -0.2) is 0 Å². The van der Waals surface area contributed by atoms with Crippen molar-refractivity contribution in [2.45, 2.75) is 341 Å². The van der Waals surface area contributed by atoms with Crippen LogP contribution in [0.3, 0.4) is 0 Å². The van der Waals surface area contributed by atoms with Crippen molar-refractivity contribution >= 4 is 11.9 Å². The smallest absolute Gasteiger partial charge is 0.305 e. The van der Waals surface area contributed by atoms with E-state index in [-0.39, 0.29) is 18.5 Å². The van der Waals surface area contributed by atoms with Gasteiger partial charge in [0.1, 0.15) is 0 Å². The lowest BCUT2D eigenvalue weighted by Gasteiger charge is -2.20. The Morgan fingerprint density at radius 3 is 1.05 bits per heavy atom. The van der Waals surface area contributed by atoms with Crippen LogP contribution >= 0.6 is 0 Å². The maximum Gasteiger partial charge on any atom is 0.305 e. The van der Waals surface area contributed by atoms with Crippen LogP contribution in [0.15, 0.2) is 12.2 Å². The number of hydrogen-bond donors (Lipinski definition) is 3. The molecule has 0 aromatic heterocycles. The number of ether oxygens (including phenoxy) is 1. The molecular formula is C59H115NO5. The number of esters is 1. The number of allylic oxidation sites excluding steroid dienone is 1. The summed E-state index contributed by atoms with van der Waals surface area (Å²) in [6.07, 6.45) is 65.2. The summed E-state index contributed by atoms with van der Waals surface area (Å²) in [6.45, 7) is 4.88. The first-order valence-corrected chi connectivity index (χ1v) is 29.5. The summed E-state index contributed by atoms with van der Waals surface area (Å²) in [5.41, 5.74) is 0. The summed E-state index contributed by atoms with van der Waals surface area (Å²) < 4.78 is 5.48. The second-order valence-corrected chi connectivity index (χ2v) is 20.3. The van der Waals surface area contributed by atoms with E-state index < -0.39 is 12.1 Å². The Labute approximate surface area is 406 Å². The highest BCUT2D eigenvalue weighted by atomic mass is 16.5. The average Bonchev–Trinajstić information content (AvgIpc) is 3.31. The van der Waals surface area contributed by atoms with Crippen molar-refractivity contribution in [3.63, 3.8) is 0 Å². The normalized spacial score (nSPS) is 12.6. The van der Waals surface area contributed by atoms with Crippen LogP contribution in [0.25, 0.3) is 0 Å². The summed E-state index contributed by atoms with van der Waals surface area (Å²) in [4.78, 5) is 24.6. The highest BCUT2D eigenvalue weighted by Crippen LogP contribution is 2.17. The van der Waals surface area contributed by atoms with E-state index in [2.05, 4.69) is 19.2 Å². The molecule has 0 radical (unpaired) electrons. The first-order valence-electron chi connectivity index (χ1n) is 29.5. The molecule has 1 amide bonds. The van der Waals surface area contributed by atoms with E-state index in [4.69, 9.17) is 4.74 Å². The fraction of sp³-hybridized carbons (Fsp3) is 0.932. The highest BCUT2D eigenvalue weighted by Gasteiger charge is 2.18. The van der Waals surface area contributed by atoms with Crippen molar-refractivity contribution < 1.29 is 24.5 Å². The Kier molecular flexibility index (Phi) is 54.0. The number of amides is 1. The van der Waals surface area contributed by atoms with Crippen molar-refractivity contribution in [3.05, 3.63) is 12.2 Å². The molecule has 0 heterocycles. The third-order valence-corrected chi connectivity index (χ3v) is 13.8. The van der Waals surface area contributed by atoms with E-state index >= 15 is 0 Å². The third-order valence-electron chi connectivity index (χ3n) is 13.8. The van der Waals surface area contributed by atoms with Gasteiger partial charge in [-0.15, -0.1) is 0 Å². The Morgan fingerprint density at radius 1 is 0.415 bits per heavy atom. The predicted octanol–water partition coefficient (Wildman–Crippen LogP) is 18.1. The number of unbranched alkanes of at least 4 members (excludes halogenated alkanes) is 44. The minimum atomic E-state index is -0.859. The largest absolute Gasteiger partial charge is 0.466 e. The number of aliphatic hydroxyl groups excluding tert-OH is 2. The number of hydrogen-bond acceptors (Lipinski definition) is 5. The molecule has 0 rings (SSSR count). The van der Waals surface area contributed by atoms with Crippen molar-refractivity contribution in [2.24, 2.45) is 0 Å². The van der Waals surface area contributed by atoms with Gasteiger partial charge in [-0.1, -0.05) is 296 Å². The van der Waals surface area contributed by atoms with E-state index in [9.17, 15) is 19.8 Å². The molecule has 0 aromatic carbocycles. The molecule has 2 unspecified atom stereocenters. The number of carbonyl (C=O) groups excluding carboxylic acids is 2. The first-order chi connectivity index (χ1) is 32.0. The fourth-order valence-electron chi connectivity index (χ4n) is 9.28. The SMILES string of the molecule is CCCCCCCCCCCCCCCCCCCC/C=C/C(O)C(CO)NC(=O)CCCCCCCCCCCCOC(=O)CCCCCCCCCCCCCCCCCCCC. The molecule has 0 fully saturated rings. The van der Waals surface area contributed by atoms with Crippen LogP contribution in [-0.4, -0.2) is 47.4 Å². The second-order valence-electron chi connectivity index (χ2n) is 20.3. The van der Waals surface area contributed by atoms with E-state index in [0.717, 1.165) is 57.8 Å². The van der Waals surface area contributed by atoms with Gasteiger partial charge in [-0.05, 0) is 32.1 Å². The Bertz CT molecular complexity index is 970. The van der Waals surface area contributed by atoms with Gasteiger partial charge in [-0.2, -0.15) is 0 Å². The van der Waals surface area contributed by atoms with Crippen LogP contribution in [0.5, 0.6) is 0 Å². The first kappa shape index (κ1) is 63.6. The lowest BCUT2D eigenvalue weighted by Crippen LogP contribution is -2.45. The van der Waals surface area contributed by atoms with Gasteiger partial charge in [0.25, 0.3) is 0 Å². The zero-order valence-electron chi connectivity index (χ0n) is 44.0. The van der Waals surface area contributed by atoms with Crippen molar-refractivity contribution in [1.82, 2.24) is 5.32 Å². The summed E-state index contributed by atoms with van der Waals surface area (Å²) in [7, 11) is 0. The maximum atomic E-state index is 12.5. The quantitative estimate of drug-likeness (QED) is 0.0321. The standard InChI is InChI=1S/C59H115NO5/c1-3-5-7-9-11-13-15-17-19-21-23-24-25-27-29-31-35-39-43-47-51-57(62)56(55-61)60-58(63)52-48-44-40-36-33-34-38-42-46-50-54-65-59(64)53-49-45-41-37-32-30-28-26-22-20-18-16-14-12-10-8-6-4-2/h47,51,56-57,61-62H,3-46,48-50,52-55H2,1-2H3,(H,60,63)/b51-47+. The molecule has 0 spiro atoms. The van der Waals surface area contributed by atoms with E-state index in [1.54, 1.807) is 6.08 Å². The molecular weight excluding hydrogens is 803 g/mol. The summed E-state index contributed by atoms with van der Waals surface area (Å²) in [6, 6.07) is -0.644. The molecule has 2 atom stereocenters. The molecule has 0 aromatic rings. The lowest BCUT2D eigenvalue weighted by molar-refractivity contribution is -0.143. The van der Waals surface area contributed by atoms with Gasteiger partial charge < -0.3 is 20.3 Å². The zero-order valence-corrected chi connectivity index (χ0v) is 44.0. The highest BCUT2D eigenvalue weighted by molar-refractivity contribution is 5.76. The second kappa shape index (κ2) is 55.2. The minimum Gasteiger partial charge on any atom is -0.466 e. The molecule has 0 saturated carbocycles. The van der Waals surface area contributed by atoms with Gasteiger partial charge in [0.05, 0.1) is 25.4 Å². The molecule has 386 valence electrons. The van der Waals surface area contributed by atoms with Gasteiger partial charge in [-0.3, -0.25) is 9.59 Å². The molecule has 3 N–H and O–H groups in total. The number of nitrogens with one attached hydrogen (secondary N) is 1. The third kappa shape index (κ3) is 51.8. The Balaban J connectivity index is 3.47. The van der Waals surface area contributed by atoms with Crippen molar-refractivity contribution in [2.75, 3.05) is 13.2 Å². The minimum absolute atomic E-state index is 0.0155. The average molecular weight is 919 g/mol. The van der Waals surface area contributed by atoms with E-state index in [1.165, 1.54) is 244 Å². The molecule has 6 nitrogen and oxygen atoms in total. The monoisotopic (exact) mass is 918 g/mol. The summed E-state index contributed by atoms with van der Waals surface area (Å²) >= 11 is 0. The predicted molar refractivity (Wildman–Crippen MR) is 283 cm³/mol. The topological polar surface area (TPSA) is 95.9 Å². The van der Waals surface area contributed by atoms with Gasteiger partial charge in [0.15, 0.2) is 0 Å². The Hall–Kier alpha value is -1.40. The lowest BCUT2D eigenvalue weighted by atomic mass is 10.0. The van der Waals surface area contributed by atoms with E-state index in [0.29, 0.717) is 19.4 Å². The zero-order chi connectivity index (χ0) is 47.2. The molecule has 65 heavy (non-hydrogen) atoms. The van der Waals surface area contributed by atoms with Crippen molar-refractivity contribution in [1.29, 1.82) is 0 Å². The number of aliphatic hydroxyl groups is 2. The maximum absolute atomic E-state index is 12.5. The number of rotatable bonds is 55. The number of carbonyl (C=O) groups is 2. The molecule has 6 heteroatoms. The van der Waals surface area contributed by atoms with Gasteiger partial charge >= 0.3 is 5.97 Å².